The molecule has 6 heteroatoms. The van der Waals surface area contributed by atoms with Gasteiger partial charge in [0.15, 0.2) is 0 Å². The van der Waals surface area contributed by atoms with Crippen LogP contribution in [-0.2, 0) is 10.9 Å². The van der Waals surface area contributed by atoms with Crippen LogP contribution >= 0.6 is 0 Å². The summed E-state index contributed by atoms with van der Waals surface area (Å²) in [6.45, 7) is 1.69. The predicted molar refractivity (Wildman–Crippen MR) is 72.9 cm³/mol. The summed E-state index contributed by atoms with van der Waals surface area (Å²) in [6, 6.07) is 5.19. The molecule has 1 saturated heterocycles. The number of hydrogen-bond donors (Lipinski definition) is 1. The van der Waals surface area contributed by atoms with Gasteiger partial charge in [-0.1, -0.05) is 12.1 Å². The van der Waals surface area contributed by atoms with Crippen LogP contribution < -0.4 is 0 Å². The van der Waals surface area contributed by atoms with E-state index >= 15 is 0 Å². The zero-order valence-corrected chi connectivity index (χ0v) is 11.9. The molecule has 2 rings (SSSR count). The molecule has 118 valence electrons. The fraction of sp³-hybridized carbons (Fsp3) is 0.600. The van der Waals surface area contributed by atoms with Gasteiger partial charge in [0, 0.05) is 25.8 Å². The number of alkyl halides is 3. The molecule has 0 radical (unpaired) electrons. The van der Waals surface area contributed by atoms with Crippen molar-refractivity contribution in [3.8, 4) is 0 Å². The monoisotopic (exact) mass is 303 g/mol. The van der Waals surface area contributed by atoms with Gasteiger partial charge in [0.25, 0.3) is 0 Å². The van der Waals surface area contributed by atoms with Gasteiger partial charge in [-0.15, -0.1) is 0 Å². The van der Waals surface area contributed by atoms with E-state index in [4.69, 9.17) is 4.74 Å². The van der Waals surface area contributed by atoms with Gasteiger partial charge >= 0.3 is 6.18 Å². The van der Waals surface area contributed by atoms with Crippen LogP contribution in [0.4, 0.5) is 13.2 Å². The Morgan fingerprint density at radius 3 is 2.62 bits per heavy atom. The maximum Gasteiger partial charge on any atom is 0.416 e. The number of aliphatic hydroxyl groups excluding tert-OH is 1. The molecule has 0 saturated carbocycles. The molecule has 1 heterocycles. The number of aliphatic hydroxyl groups is 1. The highest BCUT2D eigenvalue weighted by Gasteiger charge is 2.31. The third-order valence-electron chi connectivity index (χ3n) is 3.87. The summed E-state index contributed by atoms with van der Waals surface area (Å²) in [7, 11) is 1.88. The van der Waals surface area contributed by atoms with Gasteiger partial charge < -0.3 is 14.7 Å². The molecule has 0 bridgehead atoms. The molecule has 1 aromatic carbocycles. The molecule has 1 fully saturated rings. The molecule has 0 spiro atoms. The first kappa shape index (κ1) is 16.3. The number of rotatable bonds is 4. The second-order valence-corrected chi connectivity index (χ2v) is 5.42. The lowest BCUT2D eigenvalue weighted by atomic mass is 10.0. The number of halogens is 3. The average Bonchev–Trinajstić information content (AvgIpc) is 2.47. The standard InChI is InChI=1S/C15H20F3NO2/c1-19(13-5-7-21-8-6-13)10-14(20)11-3-2-4-12(9-11)15(16,17)18/h2-4,9,13-14,20H,5-8,10H2,1H3. The second-order valence-electron chi connectivity index (χ2n) is 5.42. The van der Waals surface area contributed by atoms with Crippen molar-refractivity contribution in [3.05, 3.63) is 35.4 Å². The van der Waals surface area contributed by atoms with E-state index in [0.29, 0.717) is 31.4 Å². The zero-order chi connectivity index (χ0) is 15.5. The highest BCUT2D eigenvalue weighted by molar-refractivity contribution is 5.27. The lowest BCUT2D eigenvalue weighted by molar-refractivity contribution is -0.137. The quantitative estimate of drug-likeness (QED) is 0.928. The van der Waals surface area contributed by atoms with Crippen LogP contribution in [0.3, 0.4) is 0 Å². The van der Waals surface area contributed by atoms with Crippen molar-refractivity contribution in [2.24, 2.45) is 0 Å². The van der Waals surface area contributed by atoms with Gasteiger partial charge in [-0.05, 0) is 37.6 Å². The van der Waals surface area contributed by atoms with Gasteiger partial charge in [0.1, 0.15) is 0 Å². The molecular formula is C15H20F3NO2. The van der Waals surface area contributed by atoms with Crippen LogP contribution in [-0.4, -0.2) is 42.9 Å². The van der Waals surface area contributed by atoms with Crippen molar-refractivity contribution in [2.75, 3.05) is 26.8 Å². The minimum atomic E-state index is -4.39. The number of ether oxygens (including phenoxy) is 1. The molecule has 1 aromatic rings. The van der Waals surface area contributed by atoms with E-state index in [9.17, 15) is 18.3 Å². The van der Waals surface area contributed by atoms with Crippen molar-refractivity contribution >= 4 is 0 Å². The average molecular weight is 303 g/mol. The summed E-state index contributed by atoms with van der Waals surface area (Å²) in [5, 5.41) is 10.2. The van der Waals surface area contributed by atoms with E-state index in [-0.39, 0.29) is 0 Å². The second kappa shape index (κ2) is 6.77. The topological polar surface area (TPSA) is 32.7 Å². The Bertz CT molecular complexity index is 458. The fourth-order valence-electron chi connectivity index (χ4n) is 2.58. The van der Waals surface area contributed by atoms with Gasteiger partial charge in [-0.3, -0.25) is 0 Å². The third kappa shape index (κ3) is 4.43. The fourth-order valence-corrected chi connectivity index (χ4v) is 2.58. The Hall–Kier alpha value is -1.11. The van der Waals surface area contributed by atoms with Crippen LogP contribution in [0.5, 0.6) is 0 Å². The van der Waals surface area contributed by atoms with Gasteiger partial charge in [0.05, 0.1) is 11.7 Å². The van der Waals surface area contributed by atoms with Gasteiger partial charge in [-0.25, -0.2) is 0 Å². The number of nitrogens with zero attached hydrogens (tertiary/aromatic N) is 1. The first-order valence-corrected chi connectivity index (χ1v) is 7.01. The van der Waals surface area contributed by atoms with Gasteiger partial charge in [0.2, 0.25) is 0 Å². The van der Waals surface area contributed by atoms with Crippen molar-refractivity contribution in [1.29, 1.82) is 0 Å². The van der Waals surface area contributed by atoms with E-state index in [0.717, 1.165) is 25.0 Å². The summed E-state index contributed by atoms with van der Waals surface area (Å²) in [6.07, 6.45) is -3.56. The Kier molecular flexibility index (Phi) is 5.24. The molecule has 0 aromatic heterocycles. The van der Waals surface area contributed by atoms with Crippen LogP contribution in [0, 0.1) is 0 Å². The van der Waals surface area contributed by atoms with Crippen molar-refractivity contribution in [3.63, 3.8) is 0 Å². The van der Waals surface area contributed by atoms with E-state index in [2.05, 4.69) is 0 Å². The number of benzene rings is 1. The molecule has 1 unspecified atom stereocenters. The first-order valence-electron chi connectivity index (χ1n) is 7.01. The molecule has 21 heavy (non-hydrogen) atoms. The van der Waals surface area contributed by atoms with Crippen LogP contribution in [0.25, 0.3) is 0 Å². The van der Waals surface area contributed by atoms with Crippen LogP contribution in [0.1, 0.15) is 30.1 Å². The molecule has 0 aliphatic carbocycles. The Labute approximate surface area is 122 Å². The summed E-state index contributed by atoms with van der Waals surface area (Å²) >= 11 is 0. The maximum absolute atomic E-state index is 12.7. The SMILES string of the molecule is CN(CC(O)c1cccc(C(F)(F)F)c1)C1CCOCC1. The van der Waals surface area contributed by atoms with Crippen molar-refractivity contribution in [2.45, 2.75) is 31.2 Å². The summed E-state index contributed by atoms with van der Waals surface area (Å²) in [4.78, 5) is 1.99. The summed E-state index contributed by atoms with van der Waals surface area (Å²) < 4.78 is 43.3. The van der Waals surface area contributed by atoms with Gasteiger partial charge in [-0.2, -0.15) is 13.2 Å². The highest BCUT2D eigenvalue weighted by Crippen LogP contribution is 2.31. The molecule has 1 aliphatic rings. The largest absolute Gasteiger partial charge is 0.416 e. The number of likely N-dealkylation sites (N-methyl/N-ethyl adjacent to an activating group) is 1. The van der Waals surface area contributed by atoms with Crippen molar-refractivity contribution in [1.82, 2.24) is 4.90 Å². The predicted octanol–water partition coefficient (Wildman–Crippen LogP) is 2.85. The molecule has 1 atom stereocenters. The van der Waals surface area contributed by atoms with E-state index in [1.54, 1.807) is 0 Å². The van der Waals surface area contributed by atoms with Crippen molar-refractivity contribution < 1.29 is 23.0 Å². The highest BCUT2D eigenvalue weighted by atomic mass is 19.4. The van der Waals surface area contributed by atoms with Crippen LogP contribution in [0.15, 0.2) is 24.3 Å². The summed E-state index contributed by atoms with van der Waals surface area (Å²) in [5.41, 5.74) is -0.434. The normalized spacial score (nSPS) is 19.0. The summed E-state index contributed by atoms with van der Waals surface area (Å²) in [5.74, 6) is 0. The van der Waals surface area contributed by atoms with E-state index < -0.39 is 17.8 Å². The van der Waals surface area contributed by atoms with Crippen LogP contribution in [0.2, 0.25) is 0 Å². The molecule has 1 N–H and O–H groups in total. The molecule has 0 amide bonds. The van der Waals surface area contributed by atoms with E-state index in [1.165, 1.54) is 12.1 Å². The molecular weight excluding hydrogens is 283 g/mol. The molecule has 3 nitrogen and oxygen atoms in total. The minimum Gasteiger partial charge on any atom is -0.387 e. The Balaban J connectivity index is 2.01. The third-order valence-corrected chi connectivity index (χ3v) is 3.87. The Morgan fingerprint density at radius 1 is 1.33 bits per heavy atom. The smallest absolute Gasteiger partial charge is 0.387 e. The maximum atomic E-state index is 12.7. The Morgan fingerprint density at radius 2 is 2.00 bits per heavy atom. The molecule has 1 aliphatic heterocycles. The lowest BCUT2D eigenvalue weighted by Crippen LogP contribution is -2.39. The first-order chi connectivity index (χ1) is 9.88. The number of hydrogen-bond acceptors (Lipinski definition) is 3. The zero-order valence-electron chi connectivity index (χ0n) is 11.9. The minimum absolute atomic E-state index is 0.295. The van der Waals surface area contributed by atoms with E-state index in [1.807, 2.05) is 11.9 Å². The lowest BCUT2D eigenvalue weighted by Gasteiger charge is -2.32.